The van der Waals surface area contributed by atoms with Gasteiger partial charge in [0.25, 0.3) is 5.91 Å². The first kappa shape index (κ1) is 30.8. The van der Waals surface area contributed by atoms with Crippen molar-refractivity contribution in [1.82, 2.24) is 10.2 Å². The van der Waals surface area contributed by atoms with Gasteiger partial charge < -0.3 is 15.0 Å². The molecule has 0 aromatic heterocycles. The number of halogens is 3. The Kier molecular flexibility index (Phi) is 8.69. The summed E-state index contributed by atoms with van der Waals surface area (Å²) in [6.07, 6.45) is -4.09. The Labute approximate surface area is 244 Å². The van der Waals surface area contributed by atoms with Crippen LogP contribution in [0.4, 0.5) is 24.5 Å². The molecule has 2 atom stereocenters. The fraction of sp³-hybridized carbons (Fsp3) is 0.500. The Bertz CT molecular complexity index is 1380. The number of hydrogen-bond acceptors (Lipinski definition) is 6. The highest BCUT2D eigenvalue weighted by Gasteiger charge is 2.51. The standard InChI is InChI=1S/C30H36F3N5O2S/c1-7-21-13-25(18(2)12-26(21)40-11-10-36-16-19(3)35-20(4)17-36)38-28(41)37(27(39)29(38,5)6)23-9-8-22(15-34)24(14-23)30(31,32)33/h8-9,12-14,19-20,35H,7,10-11,16-17H2,1-6H3/t19-,20+. The first-order chi connectivity index (χ1) is 19.2. The Hall–Kier alpha value is -3.20. The minimum Gasteiger partial charge on any atom is -0.492 e. The molecule has 0 bridgehead atoms. The Morgan fingerprint density at radius 1 is 1.17 bits per heavy atom. The summed E-state index contributed by atoms with van der Waals surface area (Å²) in [5.74, 6) is 0.301. The number of amides is 1. The molecule has 2 aliphatic heterocycles. The fourth-order valence-corrected chi connectivity index (χ4v) is 6.22. The van der Waals surface area contributed by atoms with E-state index in [1.165, 1.54) is 6.07 Å². The smallest absolute Gasteiger partial charge is 0.417 e. The summed E-state index contributed by atoms with van der Waals surface area (Å²) in [6, 6.07) is 9.50. The maximum Gasteiger partial charge on any atom is 0.417 e. The molecular weight excluding hydrogens is 551 g/mol. The van der Waals surface area contributed by atoms with E-state index >= 15 is 0 Å². The van der Waals surface area contributed by atoms with Crippen LogP contribution in [0.3, 0.4) is 0 Å². The number of alkyl halides is 3. The van der Waals surface area contributed by atoms with Gasteiger partial charge in [0.1, 0.15) is 17.9 Å². The molecule has 11 heteroatoms. The number of carbonyl (C=O) groups excluding carboxylic acids is 1. The van der Waals surface area contributed by atoms with Crippen molar-refractivity contribution in [3.63, 3.8) is 0 Å². The molecule has 0 radical (unpaired) electrons. The number of nitriles is 1. The van der Waals surface area contributed by atoms with Gasteiger partial charge in [-0.05, 0) is 94.7 Å². The van der Waals surface area contributed by atoms with Gasteiger partial charge in [0.15, 0.2) is 5.11 Å². The maximum absolute atomic E-state index is 13.7. The van der Waals surface area contributed by atoms with Gasteiger partial charge in [-0.25, -0.2) is 0 Å². The van der Waals surface area contributed by atoms with Crippen LogP contribution in [0.25, 0.3) is 0 Å². The molecule has 2 heterocycles. The quantitative estimate of drug-likeness (QED) is 0.434. The summed E-state index contributed by atoms with van der Waals surface area (Å²) in [6.45, 7) is 14.9. The van der Waals surface area contributed by atoms with E-state index in [4.69, 9.17) is 17.0 Å². The van der Waals surface area contributed by atoms with E-state index in [0.717, 1.165) is 53.5 Å². The molecule has 220 valence electrons. The molecule has 1 N–H and O–H groups in total. The van der Waals surface area contributed by atoms with E-state index < -0.39 is 28.7 Å². The minimum absolute atomic E-state index is 0.0354. The summed E-state index contributed by atoms with van der Waals surface area (Å²) in [5, 5.41) is 12.8. The Morgan fingerprint density at radius 2 is 1.83 bits per heavy atom. The molecule has 4 rings (SSSR count). The van der Waals surface area contributed by atoms with Gasteiger partial charge in [0.05, 0.1) is 22.9 Å². The SMILES string of the molecule is CCc1cc(N2C(=S)N(c3ccc(C#N)c(C(F)(F)F)c3)C(=O)C2(C)C)c(C)cc1OCCN1C[C@@H](C)N[C@@H](C)C1. The Balaban J connectivity index is 1.62. The van der Waals surface area contributed by atoms with E-state index in [0.29, 0.717) is 30.8 Å². The van der Waals surface area contributed by atoms with Crippen molar-refractivity contribution in [2.24, 2.45) is 0 Å². The van der Waals surface area contributed by atoms with Crippen molar-refractivity contribution in [2.45, 2.75) is 71.8 Å². The topological polar surface area (TPSA) is 71.8 Å². The second-order valence-electron chi connectivity index (χ2n) is 11.3. The van der Waals surface area contributed by atoms with Crippen LogP contribution in [0.5, 0.6) is 5.75 Å². The molecule has 7 nitrogen and oxygen atoms in total. The summed E-state index contributed by atoms with van der Waals surface area (Å²) >= 11 is 5.73. The van der Waals surface area contributed by atoms with Gasteiger partial charge in [0.2, 0.25) is 0 Å². The van der Waals surface area contributed by atoms with Crippen LogP contribution < -0.4 is 19.9 Å². The largest absolute Gasteiger partial charge is 0.492 e. The molecule has 1 amide bonds. The van der Waals surface area contributed by atoms with Crippen molar-refractivity contribution in [2.75, 3.05) is 36.0 Å². The zero-order chi connectivity index (χ0) is 30.3. The van der Waals surface area contributed by atoms with Crippen molar-refractivity contribution >= 4 is 34.6 Å². The predicted octanol–water partition coefficient (Wildman–Crippen LogP) is 5.43. The highest BCUT2D eigenvalue weighted by atomic mass is 32.1. The first-order valence-electron chi connectivity index (χ1n) is 13.7. The zero-order valence-electron chi connectivity index (χ0n) is 24.2. The third-order valence-electron chi connectivity index (χ3n) is 7.65. The molecule has 2 aromatic rings. The molecule has 2 aliphatic rings. The van der Waals surface area contributed by atoms with Crippen molar-refractivity contribution in [3.05, 3.63) is 52.6 Å². The summed E-state index contributed by atoms with van der Waals surface area (Å²) in [7, 11) is 0. The van der Waals surface area contributed by atoms with Gasteiger partial charge in [0, 0.05) is 37.4 Å². The van der Waals surface area contributed by atoms with E-state index in [9.17, 15) is 23.2 Å². The normalized spacial score (nSPS) is 21.4. The third-order valence-corrected chi connectivity index (χ3v) is 8.02. The van der Waals surface area contributed by atoms with E-state index in [1.54, 1.807) is 24.8 Å². The lowest BCUT2D eigenvalue weighted by atomic mass is 9.99. The highest BCUT2D eigenvalue weighted by Crippen LogP contribution is 2.41. The number of thiocarbonyl (C=S) groups is 1. The van der Waals surface area contributed by atoms with Gasteiger partial charge >= 0.3 is 6.18 Å². The van der Waals surface area contributed by atoms with Crippen molar-refractivity contribution < 1.29 is 22.7 Å². The lowest BCUT2D eigenvalue weighted by molar-refractivity contribution is -0.137. The second kappa shape index (κ2) is 11.6. The number of nitrogens with zero attached hydrogens (tertiary/aromatic N) is 4. The number of nitrogens with one attached hydrogen (secondary N) is 1. The maximum atomic E-state index is 13.7. The zero-order valence-corrected chi connectivity index (χ0v) is 25.0. The number of piperazine rings is 1. The molecule has 2 aromatic carbocycles. The van der Waals surface area contributed by atoms with Gasteiger partial charge in [-0.1, -0.05) is 6.92 Å². The molecule has 0 aliphatic carbocycles. The molecule has 0 spiro atoms. The lowest BCUT2D eigenvalue weighted by Crippen LogP contribution is -2.54. The van der Waals surface area contributed by atoms with Gasteiger partial charge in [-0.15, -0.1) is 0 Å². The molecular formula is C30H36F3N5O2S. The number of carbonyl (C=O) groups is 1. The highest BCUT2D eigenvalue weighted by molar-refractivity contribution is 7.81. The average Bonchev–Trinajstić information content (AvgIpc) is 3.06. The second-order valence-corrected chi connectivity index (χ2v) is 11.7. The molecule has 2 saturated heterocycles. The van der Waals surface area contributed by atoms with Crippen LogP contribution in [-0.2, 0) is 17.4 Å². The lowest BCUT2D eigenvalue weighted by Gasteiger charge is -2.36. The van der Waals surface area contributed by atoms with Crippen LogP contribution in [-0.4, -0.2) is 59.8 Å². The summed E-state index contributed by atoms with van der Waals surface area (Å²) < 4.78 is 47.3. The minimum atomic E-state index is -4.76. The molecule has 0 saturated carbocycles. The van der Waals surface area contributed by atoms with E-state index in [1.807, 2.05) is 26.0 Å². The molecule has 2 fully saturated rings. The van der Waals surface area contributed by atoms with Crippen molar-refractivity contribution in [3.8, 4) is 11.8 Å². The third kappa shape index (κ3) is 6.05. The fourth-order valence-electron chi connectivity index (χ4n) is 5.70. The number of aryl methyl sites for hydroxylation is 2. The van der Waals surface area contributed by atoms with Crippen LogP contribution in [0, 0.1) is 18.3 Å². The molecule has 41 heavy (non-hydrogen) atoms. The number of rotatable bonds is 7. The Morgan fingerprint density at radius 3 is 2.41 bits per heavy atom. The summed E-state index contributed by atoms with van der Waals surface area (Å²) in [5.41, 5.74) is -0.384. The van der Waals surface area contributed by atoms with Crippen LogP contribution in [0.1, 0.15) is 56.9 Å². The van der Waals surface area contributed by atoms with Crippen LogP contribution in [0.15, 0.2) is 30.3 Å². The van der Waals surface area contributed by atoms with Gasteiger partial charge in [-0.2, -0.15) is 18.4 Å². The van der Waals surface area contributed by atoms with Crippen molar-refractivity contribution in [1.29, 1.82) is 5.26 Å². The van der Waals surface area contributed by atoms with Crippen LogP contribution in [0.2, 0.25) is 0 Å². The summed E-state index contributed by atoms with van der Waals surface area (Å²) in [4.78, 5) is 18.8. The van der Waals surface area contributed by atoms with E-state index in [2.05, 4.69) is 24.1 Å². The number of ether oxygens (including phenoxy) is 1. The van der Waals surface area contributed by atoms with Gasteiger partial charge in [-0.3, -0.25) is 14.6 Å². The average molecular weight is 588 g/mol. The first-order valence-corrected chi connectivity index (χ1v) is 14.1. The predicted molar refractivity (Wildman–Crippen MR) is 157 cm³/mol. The molecule has 0 unspecified atom stereocenters. The van der Waals surface area contributed by atoms with E-state index in [-0.39, 0.29) is 10.8 Å². The number of benzene rings is 2. The van der Waals surface area contributed by atoms with Crippen LogP contribution >= 0.6 is 12.2 Å². The number of hydrogen-bond donors (Lipinski definition) is 1. The number of anilines is 2. The monoisotopic (exact) mass is 587 g/mol.